The van der Waals surface area contributed by atoms with E-state index < -0.39 is 0 Å². The molecule has 4 nitrogen and oxygen atoms in total. The summed E-state index contributed by atoms with van der Waals surface area (Å²) in [7, 11) is 0. The molecule has 0 saturated heterocycles. The van der Waals surface area contributed by atoms with E-state index in [2.05, 4.69) is 5.32 Å². The second kappa shape index (κ2) is 6.47. The highest BCUT2D eigenvalue weighted by Gasteiger charge is 1.97. The largest absolute Gasteiger partial charge is 0.339 e. The van der Waals surface area contributed by atoms with Crippen molar-refractivity contribution in [2.45, 2.75) is 0 Å². The fourth-order valence-electron chi connectivity index (χ4n) is 0.949. The summed E-state index contributed by atoms with van der Waals surface area (Å²) in [6.07, 6.45) is 8.29. The number of aromatic nitrogens is 1. The first kappa shape index (κ1) is 12.1. The molecule has 0 atom stereocenters. The van der Waals surface area contributed by atoms with Crippen molar-refractivity contribution >= 4 is 23.6 Å². The minimum absolute atomic E-state index is 0.197. The summed E-state index contributed by atoms with van der Waals surface area (Å²) < 4.78 is 1.31. The Kier molecular flexibility index (Phi) is 4.88. The molecule has 1 N–H and O–H groups in total. The summed E-state index contributed by atoms with van der Waals surface area (Å²) in [4.78, 5) is 21.3. The van der Waals surface area contributed by atoms with Crippen LogP contribution in [0.3, 0.4) is 0 Å². The van der Waals surface area contributed by atoms with Gasteiger partial charge in [0.2, 0.25) is 0 Å². The van der Waals surface area contributed by atoms with Crippen molar-refractivity contribution in [2.24, 2.45) is 0 Å². The first-order valence-electron chi connectivity index (χ1n) is 4.51. The molecule has 0 aliphatic heterocycles. The van der Waals surface area contributed by atoms with Gasteiger partial charge in [0.25, 0.3) is 5.56 Å². The number of aldehydes is 1. The van der Waals surface area contributed by atoms with Gasteiger partial charge in [0, 0.05) is 18.5 Å². The van der Waals surface area contributed by atoms with Crippen LogP contribution >= 0.6 is 12.2 Å². The number of thiocarbonyl (C=S) groups is 1. The average Bonchev–Trinajstić information content (AvgIpc) is 2.29. The summed E-state index contributed by atoms with van der Waals surface area (Å²) in [6.45, 7) is 0. The maximum atomic E-state index is 11.3. The van der Waals surface area contributed by atoms with E-state index in [1.54, 1.807) is 36.7 Å². The Morgan fingerprint density at radius 2 is 2.12 bits per heavy atom. The van der Waals surface area contributed by atoms with Gasteiger partial charge in [-0.25, -0.2) is 0 Å². The number of rotatable bonds is 3. The summed E-state index contributed by atoms with van der Waals surface area (Å²) in [5, 5.41) is 3.02. The van der Waals surface area contributed by atoms with Gasteiger partial charge in [-0.2, -0.15) is 0 Å². The zero-order valence-corrected chi connectivity index (χ0v) is 9.18. The van der Waals surface area contributed by atoms with Gasteiger partial charge in [0.05, 0.1) is 0 Å². The summed E-state index contributed by atoms with van der Waals surface area (Å²) in [5.41, 5.74) is -0.197. The van der Waals surface area contributed by atoms with E-state index in [9.17, 15) is 9.59 Å². The van der Waals surface area contributed by atoms with Crippen molar-refractivity contribution in [2.75, 3.05) is 0 Å². The Labute approximate surface area is 97.9 Å². The highest BCUT2D eigenvalue weighted by molar-refractivity contribution is 7.80. The highest BCUT2D eigenvalue weighted by atomic mass is 32.1. The highest BCUT2D eigenvalue weighted by Crippen LogP contribution is 1.82. The Morgan fingerprint density at radius 1 is 1.31 bits per heavy atom. The topological polar surface area (TPSA) is 51.1 Å². The van der Waals surface area contributed by atoms with Gasteiger partial charge in [-0.1, -0.05) is 12.1 Å². The number of pyridine rings is 1. The summed E-state index contributed by atoms with van der Waals surface area (Å²) in [5.74, 6) is 0. The molecule has 1 heterocycles. The van der Waals surface area contributed by atoms with Gasteiger partial charge < -0.3 is 5.32 Å². The zero-order chi connectivity index (χ0) is 11.8. The molecule has 0 unspecified atom stereocenters. The Bertz CT molecular complexity index is 489. The molecule has 16 heavy (non-hydrogen) atoms. The van der Waals surface area contributed by atoms with Crippen LogP contribution in [0.25, 0.3) is 0 Å². The maximum Gasteiger partial charge on any atom is 0.256 e. The van der Waals surface area contributed by atoms with Crippen LogP contribution in [-0.4, -0.2) is 16.0 Å². The first-order chi connectivity index (χ1) is 7.75. The van der Waals surface area contributed by atoms with Gasteiger partial charge in [-0.15, -0.1) is 0 Å². The van der Waals surface area contributed by atoms with E-state index >= 15 is 0 Å². The standard InChI is InChI=1S/C11H10N2O2S/c14-9-5-1-3-7-12-11(16)13-8-4-2-6-10(13)15/h1-9H,(H,12,16)/b5-1-,7-3-. The van der Waals surface area contributed by atoms with Crippen molar-refractivity contribution in [3.05, 3.63) is 59.2 Å². The monoisotopic (exact) mass is 234 g/mol. The van der Waals surface area contributed by atoms with Crippen LogP contribution in [0.2, 0.25) is 0 Å². The Morgan fingerprint density at radius 3 is 2.81 bits per heavy atom. The predicted octanol–water partition coefficient (Wildman–Crippen LogP) is 0.840. The molecule has 0 aromatic carbocycles. The molecule has 0 spiro atoms. The molecule has 1 rings (SSSR count). The van der Waals surface area contributed by atoms with Crippen LogP contribution in [-0.2, 0) is 4.79 Å². The number of nitrogens with one attached hydrogen (secondary N) is 1. The Hall–Kier alpha value is -2.01. The Balaban J connectivity index is 2.64. The van der Waals surface area contributed by atoms with Gasteiger partial charge in [-0.3, -0.25) is 14.2 Å². The number of nitrogens with zero attached hydrogens (tertiary/aromatic N) is 1. The molecule has 0 amide bonds. The number of carbonyl (C=O) groups excluding carboxylic acids is 1. The fourth-order valence-corrected chi connectivity index (χ4v) is 1.17. The smallest absolute Gasteiger partial charge is 0.256 e. The van der Waals surface area contributed by atoms with Crippen LogP contribution in [0.4, 0.5) is 0 Å². The van der Waals surface area contributed by atoms with E-state index in [0.29, 0.717) is 6.29 Å². The molecule has 0 fully saturated rings. The number of hydrogen-bond acceptors (Lipinski definition) is 3. The SMILES string of the molecule is O=C/C=C\C=C/NC(=S)n1ccccc1=O. The lowest BCUT2D eigenvalue weighted by molar-refractivity contribution is -0.104. The molecule has 5 heteroatoms. The number of allylic oxidation sites excluding steroid dienone is 3. The van der Waals surface area contributed by atoms with E-state index in [1.807, 2.05) is 0 Å². The molecule has 0 radical (unpaired) electrons. The van der Waals surface area contributed by atoms with Crippen molar-refractivity contribution in [1.82, 2.24) is 9.88 Å². The first-order valence-corrected chi connectivity index (χ1v) is 4.92. The number of carbonyl (C=O) groups is 1. The van der Waals surface area contributed by atoms with Crippen LogP contribution in [0.1, 0.15) is 0 Å². The maximum absolute atomic E-state index is 11.3. The van der Waals surface area contributed by atoms with Crippen LogP contribution in [0.5, 0.6) is 0 Å². The van der Waals surface area contributed by atoms with Crippen molar-refractivity contribution in [3.8, 4) is 0 Å². The van der Waals surface area contributed by atoms with E-state index in [1.165, 1.54) is 16.7 Å². The van der Waals surface area contributed by atoms with Crippen molar-refractivity contribution in [1.29, 1.82) is 0 Å². The van der Waals surface area contributed by atoms with E-state index in [4.69, 9.17) is 12.2 Å². The molecule has 1 aromatic rings. The normalized spacial score (nSPS) is 10.8. The van der Waals surface area contributed by atoms with E-state index in [-0.39, 0.29) is 10.7 Å². The minimum atomic E-state index is -0.197. The number of hydrogen-bond donors (Lipinski definition) is 1. The second-order valence-corrected chi connectivity index (χ2v) is 3.13. The second-order valence-electron chi connectivity index (χ2n) is 2.74. The third-order valence-corrected chi connectivity index (χ3v) is 1.96. The quantitative estimate of drug-likeness (QED) is 0.364. The lowest BCUT2D eigenvalue weighted by Gasteiger charge is -2.04. The average molecular weight is 234 g/mol. The third kappa shape index (κ3) is 3.62. The molecule has 0 saturated carbocycles. The lowest BCUT2D eigenvalue weighted by atomic mass is 10.5. The van der Waals surface area contributed by atoms with Crippen molar-refractivity contribution in [3.63, 3.8) is 0 Å². The van der Waals surface area contributed by atoms with Gasteiger partial charge in [0.15, 0.2) is 5.11 Å². The molecule has 0 aliphatic carbocycles. The summed E-state index contributed by atoms with van der Waals surface area (Å²) in [6, 6.07) is 4.78. The molecular formula is C11H10N2O2S. The van der Waals surface area contributed by atoms with Crippen LogP contribution < -0.4 is 10.9 Å². The molecule has 1 aromatic heterocycles. The van der Waals surface area contributed by atoms with Crippen molar-refractivity contribution < 1.29 is 4.79 Å². The molecule has 0 bridgehead atoms. The third-order valence-electron chi connectivity index (χ3n) is 1.65. The van der Waals surface area contributed by atoms with E-state index in [0.717, 1.165) is 0 Å². The summed E-state index contributed by atoms with van der Waals surface area (Å²) >= 11 is 4.99. The zero-order valence-electron chi connectivity index (χ0n) is 8.37. The van der Waals surface area contributed by atoms with Gasteiger partial charge >= 0.3 is 0 Å². The van der Waals surface area contributed by atoms with Gasteiger partial charge in [-0.05, 0) is 30.4 Å². The fraction of sp³-hybridized carbons (Fsp3) is 0. The minimum Gasteiger partial charge on any atom is -0.339 e. The van der Waals surface area contributed by atoms with Crippen LogP contribution in [0.15, 0.2) is 53.6 Å². The lowest BCUT2D eigenvalue weighted by Crippen LogP contribution is -2.32. The van der Waals surface area contributed by atoms with Gasteiger partial charge in [0.1, 0.15) is 6.29 Å². The predicted molar refractivity (Wildman–Crippen MR) is 66.2 cm³/mol. The molecule has 0 aliphatic rings. The molecular weight excluding hydrogens is 224 g/mol. The molecule has 82 valence electrons. The van der Waals surface area contributed by atoms with Crippen LogP contribution in [0, 0.1) is 0 Å².